The van der Waals surface area contributed by atoms with Gasteiger partial charge >= 0.3 is 0 Å². The van der Waals surface area contributed by atoms with Gasteiger partial charge in [0.15, 0.2) is 11.5 Å². The lowest BCUT2D eigenvalue weighted by molar-refractivity contribution is 0.222. The number of ether oxygens (including phenoxy) is 2. The molecule has 4 nitrogen and oxygen atoms in total. The summed E-state index contributed by atoms with van der Waals surface area (Å²) >= 11 is 0. The zero-order chi connectivity index (χ0) is 13.8. The first-order valence-corrected chi connectivity index (χ1v) is 6.85. The van der Waals surface area contributed by atoms with Gasteiger partial charge < -0.3 is 15.2 Å². The van der Waals surface area contributed by atoms with Crippen LogP contribution in [0.15, 0.2) is 18.2 Å². The van der Waals surface area contributed by atoms with Gasteiger partial charge in [0.2, 0.25) is 0 Å². The molecule has 1 aliphatic heterocycles. The van der Waals surface area contributed by atoms with Gasteiger partial charge in [-0.3, -0.25) is 4.90 Å². The highest BCUT2D eigenvalue weighted by Crippen LogP contribution is 2.39. The summed E-state index contributed by atoms with van der Waals surface area (Å²) in [6.07, 6.45) is 3.44. The molecule has 0 aromatic heterocycles. The second kappa shape index (κ2) is 6.26. The number of nitrogens with two attached hydrogens (primary N) is 1. The van der Waals surface area contributed by atoms with E-state index in [2.05, 4.69) is 18.0 Å². The molecule has 19 heavy (non-hydrogen) atoms. The third kappa shape index (κ3) is 2.85. The lowest BCUT2D eigenvalue weighted by Crippen LogP contribution is -2.37. The minimum absolute atomic E-state index is 0.133. The van der Waals surface area contributed by atoms with Gasteiger partial charge in [-0.1, -0.05) is 18.6 Å². The summed E-state index contributed by atoms with van der Waals surface area (Å²) in [7, 11) is 5.48. The molecule has 1 heterocycles. The zero-order valence-corrected chi connectivity index (χ0v) is 12.1. The van der Waals surface area contributed by atoms with Gasteiger partial charge in [-0.2, -0.15) is 0 Å². The topological polar surface area (TPSA) is 47.7 Å². The molecular weight excluding hydrogens is 240 g/mol. The fourth-order valence-electron chi connectivity index (χ4n) is 2.98. The number of para-hydroxylation sites is 1. The number of benzene rings is 1. The fraction of sp³-hybridized carbons (Fsp3) is 0.600. The molecule has 1 saturated heterocycles. The molecule has 0 amide bonds. The zero-order valence-electron chi connectivity index (χ0n) is 12.1. The van der Waals surface area contributed by atoms with Crippen LogP contribution in [0.5, 0.6) is 11.5 Å². The van der Waals surface area contributed by atoms with E-state index in [1.165, 1.54) is 12.8 Å². The van der Waals surface area contributed by atoms with Crippen LogP contribution < -0.4 is 15.2 Å². The van der Waals surface area contributed by atoms with E-state index in [0.29, 0.717) is 0 Å². The molecule has 1 aliphatic rings. The van der Waals surface area contributed by atoms with Gasteiger partial charge in [0, 0.05) is 11.6 Å². The van der Waals surface area contributed by atoms with Crippen molar-refractivity contribution in [2.24, 2.45) is 5.73 Å². The van der Waals surface area contributed by atoms with E-state index in [4.69, 9.17) is 15.2 Å². The Kier molecular flexibility index (Phi) is 4.66. The van der Waals surface area contributed by atoms with Crippen molar-refractivity contribution < 1.29 is 9.47 Å². The fourth-order valence-corrected chi connectivity index (χ4v) is 2.98. The third-order valence-electron chi connectivity index (χ3n) is 3.93. The van der Waals surface area contributed by atoms with Crippen molar-refractivity contribution in [2.75, 3.05) is 27.8 Å². The summed E-state index contributed by atoms with van der Waals surface area (Å²) in [5.41, 5.74) is 7.50. The highest BCUT2D eigenvalue weighted by atomic mass is 16.5. The summed E-state index contributed by atoms with van der Waals surface area (Å²) < 4.78 is 10.9. The summed E-state index contributed by atoms with van der Waals surface area (Å²) in [6.45, 7) is 1.07. The second-order valence-corrected chi connectivity index (χ2v) is 5.17. The van der Waals surface area contributed by atoms with Crippen LogP contribution in [0.3, 0.4) is 0 Å². The first-order chi connectivity index (χ1) is 9.19. The van der Waals surface area contributed by atoms with Crippen molar-refractivity contribution in [2.45, 2.75) is 31.3 Å². The summed E-state index contributed by atoms with van der Waals surface area (Å²) in [6, 6.07) is 6.33. The van der Waals surface area contributed by atoms with Crippen molar-refractivity contribution in [3.05, 3.63) is 23.8 Å². The van der Waals surface area contributed by atoms with E-state index >= 15 is 0 Å². The lowest BCUT2D eigenvalue weighted by Gasteiger charge is -2.31. The molecule has 2 rings (SSSR count). The smallest absolute Gasteiger partial charge is 0.165 e. The van der Waals surface area contributed by atoms with Gasteiger partial charge in [0.1, 0.15) is 0 Å². The van der Waals surface area contributed by atoms with Crippen LogP contribution in [-0.4, -0.2) is 38.8 Å². The van der Waals surface area contributed by atoms with Gasteiger partial charge in [-0.25, -0.2) is 0 Å². The Balaban J connectivity index is 2.43. The monoisotopic (exact) mass is 264 g/mol. The largest absolute Gasteiger partial charge is 0.493 e. The number of nitrogens with zero attached hydrogens (tertiary/aromatic N) is 1. The maximum absolute atomic E-state index is 6.38. The van der Waals surface area contributed by atoms with E-state index in [-0.39, 0.29) is 12.1 Å². The normalized spacial score (nSPS) is 24.8. The molecule has 0 radical (unpaired) electrons. The van der Waals surface area contributed by atoms with E-state index in [1.54, 1.807) is 14.2 Å². The molecule has 1 aromatic rings. The first-order valence-electron chi connectivity index (χ1n) is 6.85. The Morgan fingerprint density at radius 2 is 2.00 bits per heavy atom. The minimum Gasteiger partial charge on any atom is -0.493 e. The molecule has 0 spiro atoms. The number of methoxy groups -OCH3 is 2. The molecule has 2 unspecified atom stereocenters. The van der Waals surface area contributed by atoms with Crippen LogP contribution in [-0.2, 0) is 0 Å². The highest BCUT2D eigenvalue weighted by molar-refractivity contribution is 5.48. The van der Waals surface area contributed by atoms with Gasteiger partial charge in [-0.05, 0) is 32.5 Å². The summed E-state index contributed by atoms with van der Waals surface area (Å²) in [4.78, 5) is 2.33. The van der Waals surface area contributed by atoms with Crippen molar-refractivity contribution >= 4 is 0 Å². The summed E-state index contributed by atoms with van der Waals surface area (Å²) in [5.74, 6) is 1.57. The Morgan fingerprint density at radius 1 is 1.21 bits per heavy atom. The van der Waals surface area contributed by atoms with E-state index in [1.807, 2.05) is 12.1 Å². The van der Waals surface area contributed by atoms with Gasteiger partial charge in [0.25, 0.3) is 0 Å². The molecule has 1 fully saturated rings. The second-order valence-electron chi connectivity index (χ2n) is 5.17. The maximum Gasteiger partial charge on any atom is 0.165 e. The molecular formula is C15H24N2O2. The Morgan fingerprint density at radius 3 is 2.68 bits per heavy atom. The number of likely N-dealkylation sites (tertiary alicyclic amines) is 1. The predicted molar refractivity (Wildman–Crippen MR) is 76.7 cm³/mol. The number of hydrogen-bond acceptors (Lipinski definition) is 4. The maximum atomic E-state index is 6.38. The predicted octanol–water partition coefficient (Wildman–Crippen LogP) is 2.19. The molecule has 2 N–H and O–H groups in total. The first kappa shape index (κ1) is 14.2. The molecule has 1 aromatic carbocycles. The number of likely N-dealkylation sites (N-methyl/N-ethyl adjacent to an activating group) is 1. The van der Waals surface area contributed by atoms with Crippen molar-refractivity contribution in [3.63, 3.8) is 0 Å². The number of hydrogen-bond donors (Lipinski definition) is 1. The molecule has 106 valence electrons. The van der Waals surface area contributed by atoms with Crippen LogP contribution in [0.2, 0.25) is 0 Å². The van der Waals surface area contributed by atoms with Crippen LogP contribution >= 0.6 is 0 Å². The Hall–Kier alpha value is -1.26. The average molecular weight is 264 g/mol. The van der Waals surface area contributed by atoms with Crippen molar-refractivity contribution in [1.29, 1.82) is 0 Å². The Labute approximate surface area is 115 Å². The molecule has 0 bridgehead atoms. The van der Waals surface area contributed by atoms with Crippen LogP contribution in [0, 0.1) is 0 Å². The Bertz CT molecular complexity index is 411. The van der Waals surface area contributed by atoms with Crippen LogP contribution in [0.1, 0.15) is 30.9 Å². The molecule has 4 heteroatoms. The third-order valence-corrected chi connectivity index (χ3v) is 3.93. The van der Waals surface area contributed by atoms with E-state index in [9.17, 15) is 0 Å². The standard InChI is InChI=1S/C15H24N2O2/c1-17-10-5-4-8-12(16)14(17)11-7-6-9-13(18-2)15(11)19-3/h6-7,9,12,14H,4-5,8,10,16H2,1-3H3. The van der Waals surface area contributed by atoms with E-state index < -0.39 is 0 Å². The SMILES string of the molecule is COc1cccc(C2C(N)CCCCN2C)c1OC. The van der Waals surface area contributed by atoms with Crippen molar-refractivity contribution in [1.82, 2.24) is 4.90 Å². The van der Waals surface area contributed by atoms with Gasteiger partial charge in [-0.15, -0.1) is 0 Å². The summed E-state index contributed by atoms with van der Waals surface area (Å²) in [5, 5.41) is 0. The average Bonchev–Trinajstić information content (AvgIpc) is 2.59. The molecule has 0 aliphatic carbocycles. The highest BCUT2D eigenvalue weighted by Gasteiger charge is 2.29. The molecule has 0 saturated carbocycles. The molecule has 2 atom stereocenters. The number of rotatable bonds is 3. The van der Waals surface area contributed by atoms with Crippen LogP contribution in [0.4, 0.5) is 0 Å². The minimum atomic E-state index is 0.133. The van der Waals surface area contributed by atoms with Gasteiger partial charge in [0.05, 0.1) is 20.3 Å². The van der Waals surface area contributed by atoms with Crippen LogP contribution in [0.25, 0.3) is 0 Å². The van der Waals surface area contributed by atoms with E-state index in [0.717, 1.165) is 30.0 Å². The van der Waals surface area contributed by atoms with Crippen molar-refractivity contribution in [3.8, 4) is 11.5 Å². The quantitative estimate of drug-likeness (QED) is 0.909. The lowest BCUT2D eigenvalue weighted by atomic mass is 9.95.